The third-order valence-electron chi connectivity index (χ3n) is 4.65. The van der Waals surface area contributed by atoms with Crippen LogP contribution in [0.25, 0.3) is 0 Å². The van der Waals surface area contributed by atoms with Crippen molar-refractivity contribution in [3.63, 3.8) is 0 Å². The number of hydrogen-bond acceptors (Lipinski definition) is 4. The summed E-state index contributed by atoms with van der Waals surface area (Å²) in [5, 5.41) is 0. The van der Waals surface area contributed by atoms with E-state index in [1.54, 1.807) is 19.4 Å². The van der Waals surface area contributed by atoms with Crippen molar-refractivity contribution in [2.75, 3.05) is 13.6 Å². The number of halogens is 3. The van der Waals surface area contributed by atoms with E-state index in [4.69, 9.17) is 10.5 Å². The lowest BCUT2D eigenvalue weighted by molar-refractivity contribution is 0.0780. The van der Waals surface area contributed by atoms with E-state index in [-0.39, 0.29) is 30.4 Å². The molecule has 31 heavy (non-hydrogen) atoms. The van der Waals surface area contributed by atoms with E-state index in [0.717, 1.165) is 23.1 Å². The van der Waals surface area contributed by atoms with Gasteiger partial charge in [-0.3, -0.25) is 9.78 Å². The summed E-state index contributed by atoms with van der Waals surface area (Å²) in [7, 11) is 1.64. The molecule has 0 atom stereocenters. The monoisotopic (exact) mass is 465 g/mol. The van der Waals surface area contributed by atoms with Gasteiger partial charge in [0.05, 0.1) is 5.56 Å². The zero-order valence-electron chi connectivity index (χ0n) is 17.4. The topological polar surface area (TPSA) is 68.5 Å². The largest absolute Gasteiger partial charge is 0.457 e. The van der Waals surface area contributed by atoms with Gasteiger partial charge in [-0.1, -0.05) is 12.1 Å². The SMILES string of the molecule is Cc1cnccc1CN(C)C(=O)c1cc(Oc2ccc(CCN)cc2)ccc1F.Cl.Cl. The Morgan fingerprint density at radius 3 is 2.42 bits per heavy atom. The molecular weight excluding hydrogens is 440 g/mol. The number of aromatic nitrogens is 1. The predicted octanol–water partition coefficient (Wildman–Crippen LogP) is 4.94. The Morgan fingerprint density at radius 2 is 1.77 bits per heavy atom. The third kappa shape index (κ3) is 6.92. The molecular formula is C23H26Cl2FN3O2. The molecule has 0 bridgehead atoms. The standard InChI is InChI=1S/C23H24FN3O2.2ClH/c1-16-14-26-12-10-18(16)15-27(2)23(28)21-13-20(7-8-22(21)24)29-19-5-3-17(4-6-19)9-11-25;;/h3-8,10,12-14H,9,11,15,25H2,1-2H3;2*1H. The number of nitrogens with two attached hydrogens (primary N) is 1. The average Bonchev–Trinajstić information content (AvgIpc) is 2.72. The van der Waals surface area contributed by atoms with Crippen LogP contribution in [0.1, 0.15) is 27.0 Å². The zero-order chi connectivity index (χ0) is 20.8. The van der Waals surface area contributed by atoms with Crippen molar-refractivity contribution in [3.05, 3.63) is 89.0 Å². The maximum Gasteiger partial charge on any atom is 0.257 e. The Morgan fingerprint density at radius 1 is 1.10 bits per heavy atom. The highest BCUT2D eigenvalue weighted by Crippen LogP contribution is 2.25. The maximum absolute atomic E-state index is 14.4. The van der Waals surface area contributed by atoms with Gasteiger partial charge in [0.25, 0.3) is 5.91 Å². The van der Waals surface area contributed by atoms with Crippen LogP contribution >= 0.6 is 24.8 Å². The summed E-state index contributed by atoms with van der Waals surface area (Å²) in [5.41, 5.74) is 8.57. The van der Waals surface area contributed by atoms with Gasteiger partial charge in [0.2, 0.25) is 0 Å². The van der Waals surface area contributed by atoms with Crippen LogP contribution in [0.15, 0.2) is 60.9 Å². The molecule has 0 saturated carbocycles. The molecule has 0 aliphatic carbocycles. The first kappa shape index (κ1) is 26.4. The van der Waals surface area contributed by atoms with Gasteiger partial charge < -0.3 is 15.4 Å². The van der Waals surface area contributed by atoms with Crippen LogP contribution in [0.4, 0.5) is 4.39 Å². The Hall–Kier alpha value is -2.67. The Balaban J connectivity index is 0.00000240. The quantitative estimate of drug-likeness (QED) is 0.536. The van der Waals surface area contributed by atoms with Crippen molar-refractivity contribution in [2.45, 2.75) is 19.9 Å². The minimum absolute atomic E-state index is 0. The molecule has 0 fully saturated rings. The predicted molar refractivity (Wildman–Crippen MR) is 125 cm³/mol. The summed E-state index contributed by atoms with van der Waals surface area (Å²) in [6, 6.07) is 13.6. The normalized spacial score (nSPS) is 9.94. The number of ether oxygens (including phenoxy) is 1. The first-order valence-electron chi connectivity index (χ1n) is 9.39. The van der Waals surface area contributed by atoms with Gasteiger partial charge in [-0.15, -0.1) is 24.8 Å². The molecule has 3 aromatic rings. The minimum Gasteiger partial charge on any atom is -0.457 e. The first-order chi connectivity index (χ1) is 14.0. The number of benzene rings is 2. The summed E-state index contributed by atoms with van der Waals surface area (Å²) in [5.74, 6) is 0.00719. The molecule has 2 aromatic carbocycles. The van der Waals surface area contributed by atoms with Crippen molar-refractivity contribution in [1.29, 1.82) is 0 Å². The molecule has 0 aliphatic heterocycles. The second-order valence-corrected chi connectivity index (χ2v) is 6.89. The number of carbonyl (C=O) groups excluding carboxylic acids is 1. The van der Waals surface area contributed by atoms with Crippen molar-refractivity contribution in [1.82, 2.24) is 9.88 Å². The number of rotatable bonds is 7. The Kier molecular flexibility index (Phi) is 10.4. The molecule has 5 nitrogen and oxygen atoms in total. The fraction of sp³-hybridized carbons (Fsp3) is 0.217. The van der Waals surface area contributed by atoms with Crippen molar-refractivity contribution < 1.29 is 13.9 Å². The maximum atomic E-state index is 14.4. The van der Waals surface area contributed by atoms with E-state index in [2.05, 4.69) is 4.98 Å². The fourth-order valence-electron chi connectivity index (χ4n) is 2.97. The number of carbonyl (C=O) groups is 1. The van der Waals surface area contributed by atoms with Crippen molar-refractivity contribution in [2.24, 2.45) is 5.73 Å². The number of hydrogen-bond donors (Lipinski definition) is 1. The molecule has 0 unspecified atom stereocenters. The molecule has 0 radical (unpaired) electrons. The smallest absolute Gasteiger partial charge is 0.257 e. The zero-order valence-corrected chi connectivity index (χ0v) is 19.0. The molecule has 1 amide bonds. The number of aryl methyl sites for hydroxylation is 1. The van der Waals surface area contributed by atoms with Crippen LogP contribution in [-0.2, 0) is 13.0 Å². The van der Waals surface area contributed by atoms with Gasteiger partial charge in [-0.25, -0.2) is 4.39 Å². The minimum atomic E-state index is -0.584. The van der Waals surface area contributed by atoms with Crippen LogP contribution in [0.2, 0.25) is 0 Å². The first-order valence-corrected chi connectivity index (χ1v) is 9.39. The highest BCUT2D eigenvalue weighted by Gasteiger charge is 2.18. The van der Waals surface area contributed by atoms with Gasteiger partial charge in [0.1, 0.15) is 17.3 Å². The summed E-state index contributed by atoms with van der Waals surface area (Å²) in [4.78, 5) is 18.3. The van der Waals surface area contributed by atoms with Crippen molar-refractivity contribution in [3.8, 4) is 11.5 Å². The van der Waals surface area contributed by atoms with Crippen LogP contribution in [0.3, 0.4) is 0 Å². The number of pyridine rings is 1. The van der Waals surface area contributed by atoms with E-state index < -0.39 is 11.7 Å². The van der Waals surface area contributed by atoms with Gasteiger partial charge in [0.15, 0.2) is 0 Å². The summed E-state index contributed by atoms with van der Waals surface area (Å²) >= 11 is 0. The molecule has 166 valence electrons. The van der Waals surface area contributed by atoms with Crippen LogP contribution in [-0.4, -0.2) is 29.4 Å². The molecule has 0 spiro atoms. The summed E-state index contributed by atoms with van der Waals surface area (Å²) in [6.45, 7) is 2.87. The molecule has 2 N–H and O–H groups in total. The second-order valence-electron chi connectivity index (χ2n) is 6.89. The van der Waals surface area contributed by atoms with E-state index >= 15 is 0 Å². The lowest BCUT2D eigenvalue weighted by atomic mass is 10.1. The van der Waals surface area contributed by atoms with Gasteiger partial charge in [-0.2, -0.15) is 0 Å². The van der Waals surface area contributed by atoms with Crippen LogP contribution in [0, 0.1) is 12.7 Å². The molecule has 3 rings (SSSR count). The Bertz CT molecular complexity index is 1000. The van der Waals surface area contributed by atoms with Gasteiger partial charge >= 0.3 is 0 Å². The van der Waals surface area contributed by atoms with E-state index in [1.807, 2.05) is 37.3 Å². The molecule has 8 heteroatoms. The molecule has 1 aromatic heterocycles. The van der Waals surface area contributed by atoms with Crippen molar-refractivity contribution >= 4 is 30.7 Å². The summed E-state index contributed by atoms with van der Waals surface area (Å²) in [6.07, 6.45) is 4.20. The van der Waals surface area contributed by atoms with Gasteiger partial charge in [0, 0.05) is 26.0 Å². The van der Waals surface area contributed by atoms with Gasteiger partial charge in [-0.05, 0) is 73.0 Å². The Labute approximate surface area is 194 Å². The van der Waals surface area contributed by atoms with Crippen LogP contribution < -0.4 is 10.5 Å². The number of amides is 1. The summed E-state index contributed by atoms with van der Waals surface area (Å²) < 4.78 is 20.1. The molecule has 0 saturated heterocycles. The highest BCUT2D eigenvalue weighted by molar-refractivity contribution is 5.94. The lowest BCUT2D eigenvalue weighted by Gasteiger charge is -2.19. The van der Waals surface area contributed by atoms with Crippen LogP contribution in [0.5, 0.6) is 11.5 Å². The van der Waals surface area contributed by atoms with E-state index in [0.29, 0.717) is 24.6 Å². The lowest BCUT2D eigenvalue weighted by Crippen LogP contribution is -2.27. The third-order valence-corrected chi connectivity index (χ3v) is 4.65. The molecule has 1 heterocycles. The number of nitrogens with zero attached hydrogens (tertiary/aromatic N) is 2. The second kappa shape index (κ2) is 12.2. The van der Waals surface area contributed by atoms with E-state index in [1.165, 1.54) is 23.1 Å². The average molecular weight is 466 g/mol. The molecule has 0 aliphatic rings. The van der Waals surface area contributed by atoms with E-state index in [9.17, 15) is 9.18 Å². The highest BCUT2D eigenvalue weighted by atomic mass is 35.5. The fourth-order valence-corrected chi connectivity index (χ4v) is 2.97.